The van der Waals surface area contributed by atoms with Crippen molar-refractivity contribution in [1.82, 2.24) is 5.32 Å². The molecule has 0 saturated carbocycles. The molecule has 1 saturated heterocycles. The molecule has 2 N–H and O–H groups in total. The van der Waals surface area contributed by atoms with Gasteiger partial charge in [0, 0.05) is 6.54 Å². The zero-order valence-electron chi connectivity index (χ0n) is 12.0. The van der Waals surface area contributed by atoms with Gasteiger partial charge in [-0.25, -0.2) is 0 Å². The molecular weight excluding hydrogens is 262 g/mol. The zero-order valence-corrected chi connectivity index (χ0v) is 12.0. The van der Waals surface area contributed by atoms with Crippen LogP contribution >= 0.6 is 0 Å². The first-order chi connectivity index (χ1) is 10.3. The van der Waals surface area contributed by atoms with Crippen LogP contribution in [0.15, 0.2) is 54.6 Å². The van der Waals surface area contributed by atoms with E-state index in [1.54, 1.807) is 12.1 Å². The van der Waals surface area contributed by atoms with Gasteiger partial charge in [-0.2, -0.15) is 0 Å². The third kappa shape index (κ3) is 4.31. The summed E-state index contributed by atoms with van der Waals surface area (Å²) >= 11 is 0. The van der Waals surface area contributed by atoms with Gasteiger partial charge in [0.1, 0.15) is 12.0 Å². The molecule has 3 rings (SSSR count). The quantitative estimate of drug-likeness (QED) is 0.768. The fourth-order valence-corrected chi connectivity index (χ4v) is 2.52. The van der Waals surface area contributed by atoms with E-state index in [0.717, 1.165) is 25.8 Å². The van der Waals surface area contributed by atoms with Gasteiger partial charge in [0.15, 0.2) is 0 Å². The Balaban J connectivity index is 1.32. The molecule has 0 bridgehead atoms. The minimum Gasteiger partial charge on any atom is -0.508 e. The molecule has 2 aromatic rings. The first-order valence-electron chi connectivity index (χ1n) is 7.52. The van der Waals surface area contributed by atoms with Gasteiger partial charge in [0.05, 0.1) is 6.10 Å². The normalized spacial score (nSPS) is 20.4. The number of hydrogen-bond donors (Lipinski definition) is 2. The Kier molecular flexibility index (Phi) is 4.53. The predicted molar refractivity (Wildman–Crippen MR) is 83.2 cm³/mol. The van der Waals surface area contributed by atoms with Gasteiger partial charge >= 0.3 is 0 Å². The van der Waals surface area contributed by atoms with Crippen molar-refractivity contribution in [2.75, 3.05) is 6.54 Å². The van der Waals surface area contributed by atoms with E-state index in [1.807, 2.05) is 18.2 Å². The van der Waals surface area contributed by atoms with Gasteiger partial charge < -0.3 is 9.84 Å². The molecule has 2 aromatic carbocycles. The molecule has 0 radical (unpaired) electrons. The highest BCUT2D eigenvalue weighted by Gasteiger charge is 2.37. The molecule has 0 spiro atoms. The van der Waals surface area contributed by atoms with Crippen molar-refractivity contribution in [2.24, 2.45) is 0 Å². The fourth-order valence-electron chi connectivity index (χ4n) is 2.52. The molecule has 1 heterocycles. The highest BCUT2D eigenvalue weighted by molar-refractivity contribution is 5.26. The highest BCUT2D eigenvalue weighted by atomic mass is 16.6. The third-order valence-electron chi connectivity index (χ3n) is 3.84. The Bertz CT molecular complexity index is 553. The number of hydrogen-bond acceptors (Lipinski definition) is 3. The maximum Gasteiger partial charge on any atom is 0.135 e. The van der Waals surface area contributed by atoms with E-state index >= 15 is 0 Å². The number of aromatic hydroxyl groups is 1. The molecule has 2 atom stereocenters. The summed E-state index contributed by atoms with van der Waals surface area (Å²) in [5, 5.41) is 12.7. The smallest absolute Gasteiger partial charge is 0.135 e. The summed E-state index contributed by atoms with van der Waals surface area (Å²) < 4.78 is 5.64. The van der Waals surface area contributed by atoms with Crippen molar-refractivity contribution < 1.29 is 9.84 Å². The largest absolute Gasteiger partial charge is 0.508 e. The van der Waals surface area contributed by atoms with Crippen molar-refractivity contribution in [3.05, 3.63) is 65.7 Å². The fraction of sp³-hybridized carbons (Fsp3) is 0.333. The lowest BCUT2D eigenvalue weighted by Crippen LogP contribution is -2.22. The molecule has 1 aliphatic heterocycles. The molecule has 110 valence electrons. The van der Waals surface area contributed by atoms with Gasteiger partial charge in [-0.3, -0.25) is 5.32 Å². The van der Waals surface area contributed by atoms with Crippen LogP contribution in [0, 0.1) is 0 Å². The lowest BCUT2D eigenvalue weighted by molar-refractivity contribution is 0.340. The van der Waals surface area contributed by atoms with Crippen LogP contribution in [0.1, 0.15) is 17.5 Å². The molecular formula is C18H21NO2. The molecule has 21 heavy (non-hydrogen) atoms. The van der Waals surface area contributed by atoms with E-state index in [-0.39, 0.29) is 6.23 Å². The minimum atomic E-state index is 0.214. The second kappa shape index (κ2) is 6.74. The molecule has 3 heteroatoms. The van der Waals surface area contributed by atoms with Gasteiger partial charge in [0.25, 0.3) is 0 Å². The zero-order chi connectivity index (χ0) is 14.5. The number of aryl methyl sites for hydroxylation is 1. The van der Waals surface area contributed by atoms with Crippen LogP contribution in [0.4, 0.5) is 0 Å². The molecule has 1 fully saturated rings. The molecule has 1 aliphatic rings. The number of phenolic OH excluding ortho intramolecular Hbond substituents is 1. The lowest BCUT2D eigenvalue weighted by atomic mass is 10.1. The number of ether oxygens (including phenoxy) is 1. The predicted octanol–water partition coefficient (Wildman–Crippen LogP) is 2.88. The summed E-state index contributed by atoms with van der Waals surface area (Å²) in [6.07, 6.45) is 3.66. The van der Waals surface area contributed by atoms with Crippen LogP contribution in [0.5, 0.6) is 5.75 Å². The Morgan fingerprint density at radius 3 is 2.38 bits per heavy atom. The van der Waals surface area contributed by atoms with E-state index < -0.39 is 0 Å². The van der Waals surface area contributed by atoms with E-state index in [2.05, 4.69) is 29.6 Å². The number of nitrogens with one attached hydrogen (secondary N) is 1. The van der Waals surface area contributed by atoms with E-state index in [0.29, 0.717) is 11.9 Å². The highest BCUT2D eigenvalue weighted by Crippen LogP contribution is 2.24. The van der Waals surface area contributed by atoms with Crippen LogP contribution in [-0.4, -0.2) is 24.0 Å². The second-order valence-electron chi connectivity index (χ2n) is 5.49. The number of rotatable bonds is 7. The van der Waals surface area contributed by atoms with Gasteiger partial charge in [-0.1, -0.05) is 42.5 Å². The first kappa shape index (κ1) is 14.1. The maximum atomic E-state index is 9.23. The summed E-state index contributed by atoms with van der Waals surface area (Å²) in [5.41, 5.74) is 2.60. The standard InChI is InChI=1S/C18H21NO2/c20-16-9-6-15(7-10-16)12-13-19-18-17(21-18)11-8-14-4-2-1-3-5-14/h1-7,9-10,17-20H,8,11-13H2. The van der Waals surface area contributed by atoms with Crippen molar-refractivity contribution in [3.63, 3.8) is 0 Å². The van der Waals surface area contributed by atoms with Crippen molar-refractivity contribution in [1.29, 1.82) is 0 Å². The Labute approximate surface area is 125 Å². The average Bonchev–Trinajstić information content (AvgIpc) is 3.27. The summed E-state index contributed by atoms with van der Waals surface area (Å²) in [6.45, 7) is 0.900. The number of benzene rings is 2. The molecule has 2 unspecified atom stereocenters. The van der Waals surface area contributed by atoms with Crippen LogP contribution in [0.3, 0.4) is 0 Å². The second-order valence-corrected chi connectivity index (χ2v) is 5.49. The maximum absolute atomic E-state index is 9.23. The van der Waals surface area contributed by atoms with Crippen LogP contribution < -0.4 is 5.32 Å². The third-order valence-corrected chi connectivity index (χ3v) is 3.84. The molecule has 0 aromatic heterocycles. The topological polar surface area (TPSA) is 44.8 Å². The molecule has 3 nitrogen and oxygen atoms in total. The SMILES string of the molecule is Oc1ccc(CCNC2OC2CCc2ccccc2)cc1. The average molecular weight is 283 g/mol. The Hall–Kier alpha value is -1.84. The summed E-state index contributed by atoms with van der Waals surface area (Å²) in [6, 6.07) is 17.9. The molecule has 0 amide bonds. The summed E-state index contributed by atoms with van der Waals surface area (Å²) in [4.78, 5) is 0. The monoisotopic (exact) mass is 283 g/mol. The Morgan fingerprint density at radius 1 is 0.905 bits per heavy atom. The first-order valence-corrected chi connectivity index (χ1v) is 7.52. The summed E-state index contributed by atoms with van der Waals surface area (Å²) in [5.74, 6) is 0.318. The van der Waals surface area contributed by atoms with Crippen molar-refractivity contribution >= 4 is 0 Å². The van der Waals surface area contributed by atoms with Gasteiger partial charge in [-0.15, -0.1) is 0 Å². The van der Waals surface area contributed by atoms with E-state index in [9.17, 15) is 5.11 Å². The van der Waals surface area contributed by atoms with Crippen molar-refractivity contribution in [2.45, 2.75) is 31.6 Å². The lowest BCUT2D eigenvalue weighted by Gasteiger charge is -2.02. The number of phenols is 1. The van der Waals surface area contributed by atoms with E-state index in [4.69, 9.17) is 4.74 Å². The van der Waals surface area contributed by atoms with Crippen LogP contribution in [0.25, 0.3) is 0 Å². The van der Waals surface area contributed by atoms with Gasteiger partial charge in [0.2, 0.25) is 0 Å². The van der Waals surface area contributed by atoms with Crippen molar-refractivity contribution in [3.8, 4) is 5.75 Å². The van der Waals surface area contributed by atoms with Gasteiger partial charge in [-0.05, 0) is 42.5 Å². The Morgan fingerprint density at radius 2 is 1.62 bits per heavy atom. The van der Waals surface area contributed by atoms with E-state index in [1.165, 1.54) is 11.1 Å². The van der Waals surface area contributed by atoms with Crippen LogP contribution in [0.2, 0.25) is 0 Å². The summed E-state index contributed by atoms with van der Waals surface area (Å²) in [7, 11) is 0. The minimum absolute atomic E-state index is 0.214. The van der Waals surface area contributed by atoms with Crippen LogP contribution in [-0.2, 0) is 17.6 Å². The number of epoxide rings is 1. The molecule has 0 aliphatic carbocycles.